The zero-order valence-corrected chi connectivity index (χ0v) is 23.0. The summed E-state index contributed by atoms with van der Waals surface area (Å²) in [6, 6.07) is 50.2. The molecule has 0 bridgehead atoms. The first-order chi connectivity index (χ1) is 21.2. The molecule has 2 heterocycles. The number of hydrogen-bond acceptors (Lipinski definition) is 3. The fraction of sp³-hybridized carbons (Fsp3) is 0. The fourth-order valence-electron chi connectivity index (χ4n) is 6.28. The predicted molar refractivity (Wildman–Crippen MR) is 174 cm³/mol. The van der Waals surface area contributed by atoms with Crippen LogP contribution < -0.4 is 0 Å². The lowest BCUT2D eigenvalue weighted by molar-refractivity contribution is 1.09. The fourth-order valence-corrected chi connectivity index (χ4v) is 6.28. The maximum Gasteiger partial charge on any atom is 0.157 e. The Labute approximate surface area is 247 Å². The molecule has 0 aliphatic rings. The average molecular weight is 547 g/mol. The minimum absolute atomic E-state index is 0.275. The molecule has 0 atom stereocenters. The van der Waals surface area contributed by atoms with Gasteiger partial charge in [-0.2, -0.15) is 10.5 Å². The first-order valence-electron chi connectivity index (χ1n) is 14.1. The lowest BCUT2D eigenvalue weighted by Crippen LogP contribution is -2.04. The van der Waals surface area contributed by atoms with Crippen molar-refractivity contribution in [2.24, 2.45) is 0 Å². The van der Waals surface area contributed by atoms with Gasteiger partial charge >= 0.3 is 0 Å². The van der Waals surface area contributed by atoms with Gasteiger partial charge in [0, 0.05) is 16.2 Å². The highest BCUT2D eigenvalue weighted by Gasteiger charge is 2.21. The Bertz CT molecular complexity index is 2470. The molecule has 0 saturated carbocycles. The third-order valence-electron chi connectivity index (χ3n) is 8.30. The molecule has 198 valence electrons. The van der Waals surface area contributed by atoms with Crippen LogP contribution in [0.25, 0.3) is 71.6 Å². The maximum absolute atomic E-state index is 10.2. The van der Waals surface area contributed by atoms with Gasteiger partial charge < -0.3 is 0 Å². The third kappa shape index (κ3) is 3.79. The molecular formula is C39H22N4. The number of rotatable bonds is 3. The number of hydrogen-bond donors (Lipinski definition) is 0. The van der Waals surface area contributed by atoms with E-state index in [-0.39, 0.29) is 5.56 Å². The summed E-state index contributed by atoms with van der Waals surface area (Å²) in [5, 5.41) is 25.6. The highest BCUT2D eigenvalue weighted by Crippen LogP contribution is 2.37. The molecule has 0 unspecified atom stereocenters. The zero-order valence-electron chi connectivity index (χ0n) is 23.0. The van der Waals surface area contributed by atoms with Crippen molar-refractivity contribution in [3.8, 4) is 40.2 Å². The number of para-hydroxylation sites is 2. The third-order valence-corrected chi connectivity index (χ3v) is 8.30. The standard InChI is InChI=1S/C39H22N4/c40-23-34-31-11-3-5-14-36(31)42-39(35(34)24-41)43-37-15-6-4-12-32(37)33-22-28(20-21-38(33)43)25-16-18-27(19-17-25)30-13-7-9-26-8-1-2-10-29(26)30/h1-22H. The van der Waals surface area contributed by atoms with Gasteiger partial charge in [-0.3, -0.25) is 4.57 Å². The Balaban J connectivity index is 1.30. The molecule has 0 N–H and O–H groups in total. The van der Waals surface area contributed by atoms with Crippen LogP contribution in [0.2, 0.25) is 0 Å². The SMILES string of the molecule is N#Cc1c(-n2c3ccccc3c3cc(-c4ccc(-c5cccc6ccccc56)cc4)ccc32)nc2ccccc2c1C#N. The largest absolute Gasteiger partial charge is 0.293 e. The quantitative estimate of drug-likeness (QED) is 0.222. The predicted octanol–water partition coefficient (Wildman–Crippen LogP) is 9.56. The Morgan fingerprint density at radius 2 is 1.12 bits per heavy atom. The number of pyridine rings is 1. The number of nitriles is 2. The summed E-state index contributed by atoms with van der Waals surface area (Å²) in [6.07, 6.45) is 0. The van der Waals surface area contributed by atoms with E-state index in [1.165, 1.54) is 21.9 Å². The molecule has 8 aromatic rings. The molecule has 4 nitrogen and oxygen atoms in total. The Kier molecular flexibility index (Phi) is 5.54. The molecule has 6 aromatic carbocycles. The Hall–Kier alpha value is -6.23. The van der Waals surface area contributed by atoms with E-state index in [1.54, 1.807) is 0 Å². The van der Waals surface area contributed by atoms with Crippen molar-refractivity contribution in [3.05, 3.63) is 145 Å². The van der Waals surface area contributed by atoms with Crippen LogP contribution >= 0.6 is 0 Å². The Morgan fingerprint density at radius 3 is 1.93 bits per heavy atom. The highest BCUT2D eigenvalue weighted by atomic mass is 15.1. The van der Waals surface area contributed by atoms with Crippen molar-refractivity contribution < 1.29 is 0 Å². The smallest absolute Gasteiger partial charge is 0.157 e. The van der Waals surface area contributed by atoms with Crippen LogP contribution in [0.5, 0.6) is 0 Å². The first-order valence-corrected chi connectivity index (χ1v) is 14.1. The minimum atomic E-state index is 0.275. The molecule has 0 spiro atoms. The average Bonchev–Trinajstić information content (AvgIpc) is 3.40. The normalized spacial score (nSPS) is 11.2. The molecule has 0 aliphatic carbocycles. The van der Waals surface area contributed by atoms with Crippen molar-refractivity contribution in [2.75, 3.05) is 0 Å². The van der Waals surface area contributed by atoms with Crippen LogP contribution in [0.4, 0.5) is 0 Å². The second-order valence-electron chi connectivity index (χ2n) is 10.6. The molecular weight excluding hydrogens is 524 g/mol. The maximum atomic E-state index is 10.2. The Morgan fingerprint density at radius 1 is 0.488 bits per heavy atom. The summed E-state index contributed by atoms with van der Waals surface area (Å²) < 4.78 is 2.02. The summed E-state index contributed by atoms with van der Waals surface area (Å²) in [6.45, 7) is 0. The van der Waals surface area contributed by atoms with Gasteiger partial charge in [-0.05, 0) is 57.3 Å². The number of benzene rings is 6. The summed E-state index contributed by atoms with van der Waals surface area (Å²) in [5.74, 6) is 0.469. The molecule has 0 saturated heterocycles. The van der Waals surface area contributed by atoms with Crippen LogP contribution in [-0.2, 0) is 0 Å². The molecule has 43 heavy (non-hydrogen) atoms. The van der Waals surface area contributed by atoms with Gasteiger partial charge in [0.25, 0.3) is 0 Å². The van der Waals surface area contributed by atoms with E-state index in [4.69, 9.17) is 4.98 Å². The van der Waals surface area contributed by atoms with Gasteiger partial charge in [0.2, 0.25) is 0 Å². The van der Waals surface area contributed by atoms with Crippen molar-refractivity contribution in [1.29, 1.82) is 10.5 Å². The molecule has 0 aliphatic heterocycles. The molecule has 0 radical (unpaired) electrons. The number of fused-ring (bicyclic) bond motifs is 5. The molecule has 4 heteroatoms. The topological polar surface area (TPSA) is 65.4 Å². The summed E-state index contributed by atoms with van der Waals surface area (Å²) >= 11 is 0. The van der Waals surface area contributed by atoms with Gasteiger partial charge in [0.05, 0.1) is 22.1 Å². The van der Waals surface area contributed by atoms with Gasteiger partial charge in [0.15, 0.2) is 5.82 Å². The second-order valence-corrected chi connectivity index (χ2v) is 10.6. The second kappa shape index (κ2) is 9.70. The monoisotopic (exact) mass is 546 g/mol. The van der Waals surface area contributed by atoms with E-state index in [2.05, 4.69) is 103 Å². The van der Waals surface area contributed by atoms with Gasteiger partial charge in [-0.1, -0.05) is 109 Å². The molecule has 0 fully saturated rings. The summed E-state index contributed by atoms with van der Waals surface area (Å²) in [5.41, 5.74) is 7.79. The summed E-state index contributed by atoms with van der Waals surface area (Å²) in [7, 11) is 0. The van der Waals surface area contributed by atoms with Crippen molar-refractivity contribution in [2.45, 2.75) is 0 Å². The molecule has 8 rings (SSSR count). The van der Waals surface area contributed by atoms with Gasteiger partial charge in [-0.25, -0.2) is 4.98 Å². The first kappa shape index (κ1) is 24.6. The minimum Gasteiger partial charge on any atom is -0.293 e. The van der Waals surface area contributed by atoms with Crippen molar-refractivity contribution in [3.63, 3.8) is 0 Å². The highest BCUT2D eigenvalue weighted by molar-refractivity contribution is 6.11. The zero-order chi connectivity index (χ0) is 28.9. The van der Waals surface area contributed by atoms with E-state index in [1.807, 2.05) is 47.0 Å². The van der Waals surface area contributed by atoms with Crippen LogP contribution in [0, 0.1) is 22.7 Å². The van der Waals surface area contributed by atoms with E-state index in [9.17, 15) is 10.5 Å². The summed E-state index contributed by atoms with van der Waals surface area (Å²) in [4.78, 5) is 4.93. The van der Waals surface area contributed by atoms with Gasteiger partial charge in [-0.15, -0.1) is 0 Å². The lowest BCUT2D eigenvalue weighted by atomic mass is 9.96. The van der Waals surface area contributed by atoms with Crippen LogP contribution in [0.1, 0.15) is 11.1 Å². The van der Waals surface area contributed by atoms with E-state index >= 15 is 0 Å². The van der Waals surface area contributed by atoms with Crippen molar-refractivity contribution in [1.82, 2.24) is 9.55 Å². The molecule has 2 aromatic heterocycles. The van der Waals surface area contributed by atoms with Crippen LogP contribution in [0.3, 0.4) is 0 Å². The van der Waals surface area contributed by atoms with Crippen LogP contribution in [-0.4, -0.2) is 9.55 Å². The number of aromatic nitrogens is 2. The van der Waals surface area contributed by atoms with E-state index in [0.717, 1.165) is 32.9 Å². The van der Waals surface area contributed by atoms with Crippen molar-refractivity contribution >= 4 is 43.5 Å². The van der Waals surface area contributed by atoms with E-state index in [0.29, 0.717) is 22.3 Å². The molecule has 0 amide bonds. The van der Waals surface area contributed by atoms with E-state index < -0.39 is 0 Å². The number of nitrogens with zero attached hydrogens (tertiary/aromatic N) is 4. The van der Waals surface area contributed by atoms with Gasteiger partial charge in [0.1, 0.15) is 17.7 Å². The lowest BCUT2D eigenvalue weighted by Gasteiger charge is -2.12. The van der Waals surface area contributed by atoms with Crippen LogP contribution in [0.15, 0.2) is 133 Å².